The molecule has 5 atom stereocenters. The summed E-state index contributed by atoms with van der Waals surface area (Å²) < 4.78 is 6.08. The van der Waals surface area contributed by atoms with E-state index in [1.165, 1.54) is 19.3 Å². The van der Waals surface area contributed by atoms with Gasteiger partial charge in [0.15, 0.2) is 0 Å². The first-order valence-corrected chi connectivity index (χ1v) is 8.09. The molecule has 0 spiro atoms. The summed E-state index contributed by atoms with van der Waals surface area (Å²) in [6.07, 6.45) is 7.97. The van der Waals surface area contributed by atoms with Gasteiger partial charge in [-0.1, -0.05) is 20.8 Å². The first kappa shape index (κ1) is 13.9. The van der Waals surface area contributed by atoms with E-state index < -0.39 is 0 Å². The highest BCUT2D eigenvalue weighted by Gasteiger charge is 2.66. The van der Waals surface area contributed by atoms with Crippen molar-refractivity contribution >= 4 is 0 Å². The molecule has 0 aromatic rings. The van der Waals surface area contributed by atoms with Gasteiger partial charge >= 0.3 is 0 Å². The SMILES string of the molecule is COC1([C@H]2C[C@@H]3CC[C@@]2(C)C3(C)C)CCCC(O)C1. The van der Waals surface area contributed by atoms with Crippen LogP contribution in [0.3, 0.4) is 0 Å². The minimum atomic E-state index is -0.153. The zero-order chi connectivity index (χ0) is 13.9. The van der Waals surface area contributed by atoms with Gasteiger partial charge in [0.05, 0.1) is 11.7 Å². The third kappa shape index (κ3) is 1.68. The van der Waals surface area contributed by atoms with Gasteiger partial charge in [-0.3, -0.25) is 0 Å². The predicted molar refractivity (Wildman–Crippen MR) is 76.9 cm³/mol. The van der Waals surface area contributed by atoms with Crippen LogP contribution in [0.4, 0.5) is 0 Å². The highest BCUT2D eigenvalue weighted by atomic mass is 16.5. The predicted octanol–water partition coefficient (Wildman–Crippen LogP) is 3.77. The van der Waals surface area contributed by atoms with E-state index in [2.05, 4.69) is 20.8 Å². The minimum absolute atomic E-state index is 0.0567. The van der Waals surface area contributed by atoms with Crippen LogP contribution in [0.15, 0.2) is 0 Å². The quantitative estimate of drug-likeness (QED) is 0.824. The first-order chi connectivity index (χ1) is 8.86. The van der Waals surface area contributed by atoms with Crippen molar-refractivity contribution in [3.63, 3.8) is 0 Å². The fourth-order valence-corrected chi connectivity index (χ4v) is 5.88. The number of methoxy groups -OCH3 is 1. The van der Waals surface area contributed by atoms with Crippen molar-refractivity contribution in [2.45, 2.75) is 77.4 Å². The van der Waals surface area contributed by atoms with Crippen LogP contribution in [0.1, 0.15) is 65.7 Å². The Labute approximate surface area is 117 Å². The molecule has 1 N–H and O–H groups in total. The summed E-state index contributed by atoms with van der Waals surface area (Å²) >= 11 is 0. The summed E-state index contributed by atoms with van der Waals surface area (Å²) in [5, 5.41) is 10.1. The third-order valence-corrected chi connectivity index (χ3v) is 7.55. The number of ether oxygens (including phenoxy) is 1. The maximum Gasteiger partial charge on any atom is 0.0736 e. The fourth-order valence-electron chi connectivity index (χ4n) is 5.88. The Kier molecular flexibility index (Phi) is 3.07. The van der Waals surface area contributed by atoms with E-state index in [0.29, 0.717) is 16.7 Å². The van der Waals surface area contributed by atoms with Crippen LogP contribution in [0.5, 0.6) is 0 Å². The smallest absolute Gasteiger partial charge is 0.0736 e. The van der Waals surface area contributed by atoms with Crippen LogP contribution in [0.25, 0.3) is 0 Å². The second kappa shape index (κ2) is 4.21. The van der Waals surface area contributed by atoms with Crippen LogP contribution >= 0.6 is 0 Å². The molecular weight excluding hydrogens is 236 g/mol. The van der Waals surface area contributed by atoms with E-state index in [-0.39, 0.29) is 11.7 Å². The summed E-state index contributed by atoms with van der Waals surface area (Å²) in [6.45, 7) is 7.42. The van der Waals surface area contributed by atoms with Gasteiger partial charge in [0.25, 0.3) is 0 Å². The fraction of sp³-hybridized carbons (Fsp3) is 1.00. The third-order valence-electron chi connectivity index (χ3n) is 7.55. The van der Waals surface area contributed by atoms with Crippen molar-refractivity contribution in [3.8, 4) is 0 Å². The summed E-state index contributed by atoms with van der Waals surface area (Å²) in [7, 11) is 1.88. The molecule has 3 aliphatic rings. The Morgan fingerprint density at radius 1 is 1.11 bits per heavy atom. The normalized spacial score (nSPS) is 52.6. The average molecular weight is 266 g/mol. The van der Waals surface area contributed by atoms with Gasteiger partial charge in [-0.2, -0.15) is 0 Å². The van der Waals surface area contributed by atoms with Crippen molar-refractivity contribution in [1.82, 2.24) is 0 Å². The molecule has 0 heterocycles. The zero-order valence-corrected chi connectivity index (χ0v) is 13.0. The van der Waals surface area contributed by atoms with Gasteiger partial charge in [-0.15, -0.1) is 0 Å². The lowest BCUT2D eigenvalue weighted by Gasteiger charge is -2.51. The molecule has 3 fully saturated rings. The number of hydrogen-bond donors (Lipinski definition) is 1. The molecule has 2 heteroatoms. The van der Waals surface area contributed by atoms with E-state index in [0.717, 1.165) is 31.6 Å². The molecule has 0 radical (unpaired) electrons. The number of hydrogen-bond acceptors (Lipinski definition) is 2. The van der Waals surface area contributed by atoms with Gasteiger partial charge in [-0.25, -0.2) is 0 Å². The van der Waals surface area contributed by atoms with Crippen molar-refractivity contribution in [3.05, 3.63) is 0 Å². The molecule has 0 aromatic carbocycles. The summed E-state index contributed by atoms with van der Waals surface area (Å²) in [4.78, 5) is 0. The topological polar surface area (TPSA) is 29.5 Å². The highest BCUT2D eigenvalue weighted by molar-refractivity contribution is 5.15. The van der Waals surface area contributed by atoms with Crippen LogP contribution in [0.2, 0.25) is 0 Å². The van der Waals surface area contributed by atoms with Crippen LogP contribution in [0, 0.1) is 22.7 Å². The van der Waals surface area contributed by atoms with Crippen LogP contribution < -0.4 is 0 Å². The number of aliphatic hydroxyl groups excluding tert-OH is 1. The zero-order valence-electron chi connectivity index (χ0n) is 13.0. The number of fused-ring (bicyclic) bond motifs is 2. The van der Waals surface area contributed by atoms with Crippen LogP contribution in [-0.4, -0.2) is 23.9 Å². The van der Waals surface area contributed by atoms with Crippen molar-refractivity contribution in [1.29, 1.82) is 0 Å². The Balaban J connectivity index is 1.94. The summed E-state index contributed by atoms with van der Waals surface area (Å²) in [5.41, 5.74) is 0.773. The summed E-state index contributed by atoms with van der Waals surface area (Å²) in [6, 6.07) is 0. The second-order valence-electron chi connectivity index (χ2n) is 8.18. The van der Waals surface area contributed by atoms with Crippen LogP contribution in [-0.2, 0) is 4.74 Å². The second-order valence-corrected chi connectivity index (χ2v) is 8.18. The maximum atomic E-state index is 10.1. The minimum Gasteiger partial charge on any atom is -0.393 e. The molecule has 0 aromatic heterocycles. The average Bonchev–Trinajstić information content (AvgIpc) is 2.71. The van der Waals surface area contributed by atoms with Gasteiger partial charge in [0, 0.05) is 13.5 Å². The van der Waals surface area contributed by atoms with E-state index in [9.17, 15) is 5.11 Å². The summed E-state index contributed by atoms with van der Waals surface area (Å²) in [5.74, 6) is 1.49. The maximum absolute atomic E-state index is 10.1. The van der Waals surface area contributed by atoms with Gasteiger partial charge < -0.3 is 9.84 Å². The van der Waals surface area contributed by atoms with Crippen molar-refractivity contribution in [2.75, 3.05) is 7.11 Å². The molecule has 0 aliphatic heterocycles. The highest BCUT2D eigenvalue weighted by Crippen LogP contribution is 2.71. The lowest BCUT2D eigenvalue weighted by molar-refractivity contribution is -0.147. The molecule has 0 amide bonds. The molecule has 3 aliphatic carbocycles. The number of rotatable bonds is 2. The Morgan fingerprint density at radius 3 is 2.32 bits per heavy atom. The lowest BCUT2D eigenvalue weighted by Crippen LogP contribution is -2.51. The molecule has 19 heavy (non-hydrogen) atoms. The van der Waals surface area contributed by atoms with Gasteiger partial charge in [-0.05, 0) is 61.2 Å². The molecular formula is C17H30O2. The Bertz CT molecular complexity index is 364. The lowest BCUT2D eigenvalue weighted by atomic mass is 9.59. The Hall–Kier alpha value is -0.0800. The molecule has 2 nitrogen and oxygen atoms in total. The van der Waals surface area contributed by atoms with E-state index in [4.69, 9.17) is 4.74 Å². The molecule has 3 saturated carbocycles. The number of aliphatic hydroxyl groups is 1. The van der Waals surface area contributed by atoms with E-state index in [1.54, 1.807) is 0 Å². The standard InChI is InChI=1S/C17H30O2/c1-15(2)12-7-9-16(15,3)14(10-12)17(19-4)8-5-6-13(18)11-17/h12-14,18H,5-11H2,1-4H3/t12-,13?,14-,16+,17?/m0/s1. The Morgan fingerprint density at radius 2 is 1.84 bits per heavy atom. The van der Waals surface area contributed by atoms with E-state index in [1.807, 2.05) is 7.11 Å². The molecule has 110 valence electrons. The van der Waals surface area contributed by atoms with E-state index >= 15 is 0 Å². The van der Waals surface area contributed by atoms with Gasteiger partial charge in [0.1, 0.15) is 0 Å². The molecule has 3 rings (SSSR count). The monoisotopic (exact) mass is 266 g/mol. The van der Waals surface area contributed by atoms with Crippen molar-refractivity contribution in [2.24, 2.45) is 22.7 Å². The van der Waals surface area contributed by atoms with Gasteiger partial charge in [0.2, 0.25) is 0 Å². The molecule has 2 bridgehead atoms. The largest absolute Gasteiger partial charge is 0.393 e. The molecule has 0 saturated heterocycles. The van der Waals surface area contributed by atoms with Crippen molar-refractivity contribution < 1.29 is 9.84 Å². The first-order valence-electron chi connectivity index (χ1n) is 8.09. The molecule has 2 unspecified atom stereocenters.